The average Bonchev–Trinajstić information content (AvgIpc) is 2.74. The van der Waals surface area contributed by atoms with Crippen LogP contribution in [0.3, 0.4) is 0 Å². The van der Waals surface area contributed by atoms with Gasteiger partial charge in [0.15, 0.2) is 11.5 Å². The molecule has 0 saturated heterocycles. The van der Waals surface area contributed by atoms with E-state index in [2.05, 4.69) is 10.3 Å². The fourth-order valence-corrected chi connectivity index (χ4v) is 2.68. The van der Waals surface area contributed by atoms with Crippen molar-refractivity contribution in [3.63, 3.8) is 0 Å². The molecule has 0 spiro atoms. The summed E-state index contributed by atoms with van der Waals surface area (Å²) in [6.07, 6.45) is 3.32. The third-order valence-electron chi connectivity index (χ3n) is 3.94. The topological polar surface area (TPSA) is 104 Å². The molecular weight excluding hydrogens is 398 g/mol. The van der Waals surface area contributed by atoms with Gasteiger partial charge in [-0.25, -0.2) is 0 Å². The van der Waals surface area contributed by atoms with Crippen LogP contribution in [0.25, 0.3) is 0 Å². The van der Waals surface area contributed by atoms with Crippen LogP contribution in [0.1, 0.15) is 15.9 Å². The summed E-state index contributed by atoms with van der Waals surface area (Å²) in [5.41, 5.74) is 0.935. The minimum Gasteiger partial charge on any atom is -0.493 e. The van der Waals surface area contributed by atoms with Gasteiger partial charge in [-0.3, -0.25) is 19.9 Å². The Morgan fingerprint density at radius 1 is 1.17 bits per heavy atom. The molecule has 0 bridgehead atoms. The van der Waals surface area contributed by atoms with E-state index in [0.29, 0.717) is 12.1 Å². The Bertz CT molecular complexity index is 1040. The van der Waals surface area contributed by atoms with Gasteiger partial charge in [0.2, 0.25) is 5.75 Å². The fourth-order valence-electron chi connectivity index (χ4n) is 2.52. The zero-order valence-electron chi connectivity index (χ0n) is 15.3. The molecule has 0 unspecified atom stereocenters. The van der Waals surface area contributed by atoms with Crippen LogP contribution in [0.4, 0.5) is 5.69 Å². The first-order valence-corrected chi connectivity index (χ1v) is 8.82. The van der Waals surface area contributed by atoms with Crippen LogP contribution in [0.15, 0.2) is 60.9 Å². The summed E-state index contributed by atoms with van der Waals surface area (Å²) >= 11 is 5.82. The fraction of sp³-hybridized carbons (Fsp3) is 0.100. The highest BCUT2D eigenvalue weighted by atomic mass is 35.5. The summed E-state index contributed by atoms with van der Waals surface area (Å²) in [5.74, 6) is 0.174. The third-order valence-corrected chi connectivity index (χ3v) is 4.17. The minimum absolute atomic E-state index is 0.00600. The number of nitro groups is 1. The Hall–Kier alpha value is -3.65. The number of amides is 1. The molecule has 0 aliphatic rings. The second-order valence-corrected chi connectivity index (χ2v) is 6.32. The number of rotatable bonds is 7. The predicted molar refractivity (Wildman–Crippen MR) is 107 cm³/mol. The van der Waals surface area contributed by atoms with E-state index in [0.717, 1.165) is 5.56 Å². The Kier molecular flexibility index (Phi) is 6.25. The lowest BCUT2D eigenvalue weighted by molar-refractivity contribution is -0.385. The highest BCUT2D eigenvalue weighted by molar-refractivity contribution is 6.30. The molecule has 0 saturated carbocycles. The van der Waals surface area contributed by atoms with E-state index in [1.165, 1.54) is 43.5 Å². The van der Waals surface area contributed by atoms with Crippen molar-refractivity contribution in [3.05, 3.63) is 87.2 Å². The van der Waals surface area contributed by atoms with Crippen molar-refractivity contribution < 1.29 is 19.2 Å². The summed E-state index contributed by atoms with van der Waals surface area (Å²) in [7, 11) is 1.41. The largest absolute Gasteiger partial charge is 0.493 e. The summed E-state index contributed by atoms with van der Waals surface area (Å²) in [5, 5.41) is 14.2. The molecule has 2 aromatic carbocycles. The molecule has 1 heterocycles. The highest BCUT2D eigenvalue weighted by Crippen LogP contribution is 2.37. The number of pyridine rings is 1. The number of halogens is 1. The Labute approximate surface area is 171 Å². The van der Waals surface area contributed by atoms with Gasteiger partial charge in [0.1, 0.15) is 0 Å². The lowest BCUT2D eigenvalue weighted by atomic mass is 10.1. The van der Waals surface area contributed by atoms with Crippen LogP contribution >= 0.6 is 11.6 Å². The van der Waals surface area contributed by atoms with Gasteiger partial charge < -0.3 is 14.8 Å². The number of nitro benzene ring substituents is 1. The van der Waals surface area contributed by atoms with Crippen molar-refractivity contribution >= 4 is 23.2 Å². The maximum Gasteiger partial charge on any atom is 0.313 e. The molecule has 29 heavy (non-hydrogen) atoms. The molecule has 1 N–H and O–H groups in total. The Morgan fingerprint density at radius 2 is 1.97 bits per heavy atom. The van der Waals surface area contributed by atoms with Gasteiger partial charge >= 0.3 is 5.69 Å². The second kappa shape index (κ2) is 9.03. The number of nitrogens with one attached hydrogen (secondary N) is 1. The van der Waals surface area contributed by atoms with Gasteiger partial charge in [-0.2, -0.15) is 0 Å². The van der Waals surface area contributed by atoms with E-state index in [4.69, 9.17) is 21.1 Å². The zero-order valence-corrected chi connectivity index (χ0v) is 16.1. The molecule has 8 nitrogen and oxygen atoms in total. The van der Waals surface area contributed by atoms with Crippen molar-refractivity contribution in [2.45, 2.75) is 6.54 Å². The number of benzene rings is 2. The second-order valence-electron chi connectivity index (χ2n) is 5.88. The molecule has 3 rings (SSSR count). The number of aromatic nitrogens is 1. The summed E-state index contributed by atoms with van der Waals surface area (Å²) < 4.78 is 10.9. The molecule has 0 fully saturated rings. The first-order valence-electron chi connectivity index (χ1n) is 8.45. The highest BCUT2D eigenvalue weighted by Gasteiger charge is 2.19. The van der Waals surface area contributed by atoms with Gasteiger partial charge in [0.25, 0.3) is 5.91 Å². The minimum atomic E-state index is -0.589. The third kappa shape index (κ3) is 4.99. The number of hydrogen-bond acceptors (Lipinski definition) is 6. The molecule has 1 aromatic heterocycles. The first kappa shape index (κ1) is 20.1. The number of methoxy groups -OCH3 is 1. The molecule has 3 aromatic rings. The van der Waals surface area contributed by atoms with Crippen molar-refractivity contribution in [1.29, 1.82) is 0 Å². The monoisotopic (exact) mass is 413 g/mol. The van der Waals surface area contributed by atoms with Crippen molar-refractivity contribution in [1.82, 2.24) is 10.3 Å². The SMILES string of the molecule is COc1cc(C(=O)NCc2cccnc2)ccc1Oc1ccc(Cl)cc1[N+](=O)[O-]. The van der Waals surface area contributed by atoms with Crippen LogP contribution in [-0.4, -0.2) is 22.9 Å². The molecular formula is C20H16ClN3O5. The molecule has 9 heteroatoms. The quantitative estimate of drug-likeness (QED) is 0.455. The van der Waals surface area contributed by atoms with Crippen molar-refractivity contribution in [2.75, 3.05) is 7.11 Å². The lowest BCUT2D eigenvalue weighted by Gasteiger charge is -2.12. The average molecular weight is 414 g/mol. The van der Waals surface area contributed by atoms with Gasteiger partial charge in [0, 0.05) is 35.6 Å². The van der Waals surface area contributed by atoms with Gasteiger partial charge in [-0.05, 0) is 42.0 Å². The number of hydrogen-bond donors (Lipinski definition) is 1. The Morgan fingerprint density at radius 3 is 2.66 bits per heavy atom. The number of ether oxygens (including phenoxy) is 2. The molecule has 0 aliphatic carbocycles. The number of carbonyl (C=O) groups is 1. The molecule has 0 atom stereocenters. The van der Waals surface area contributed by atoms with Gasteiger partial charge in [-0.15, -0.1) is 0 Å². The molecule has 148 valence electrons. The van der Waals surface area contributed by atoms with Gasteiger partial charge in [-0.1, -0.05) is 17.7 Å². The number of carbonyl (C=O) groups excluding carboxylic acids is 1. The smallest absolute Gasteiger partial charge is 0.313 e. The molecule has 0 radical (unpaired) electrons. The van der Waals surface area contributed by atoms with E-state index in [1.54, 1.807) is 18.5 Å². The standard InChI is InChI=1S/C20H16ClN3O5/c1-28-19-9-14(20(25)23-12-13-3-2-8-22-11-13)4-6-18(19)29-17-7-5-15(21)10-16(17)24(26)27/h2-11H,12H2,1H3,(H,23,25). The summed E-state index contributed by atoms with van der Waals surface area (Å²) in [4.78, 5) is 27.0. The molecule has 1 amide bonds. The van der Waals surface area contributed by atoms with Crippen LogP contribution < -0.4 is 14.8 Å². The van der Waals surface area contributed by atoms with Crippen molar-refractivity contribution in [2.24, 2.45) is 0 Å². The normalized spacial score (nSPS) is 10.3. The van der Waals surface area contributed by atoms with Crippen LogP contribution in [0.2, 0.25) is 5.02 Å². The van der Waals surface area contributed by atoms with Crippen LogP contribution in [0, 0.1) is 10.1 Å². The maximum absolute atomic E-state index is 12.4. The van der Waals surface area contributed by atoms with Crippen LogP contribution in [0.5, 0.6) is 17.2 Å². The zero-order chi connectivity index (χ0) is 20.8. The van der Waals surface area contributed by atoms with E-state index >= 15 is 0 Å². The predicted octanol–water partition coefficient (Wildman–Crippen LogP) is 4.37. The molecule has 0 aliphatic heterocycles. The maximum atomic E-state index is 12.4. The van der Waals surface area contributed by atoms with E-state index in [-0.39, 0.29) is 33.9 Å². The van der Waals surface area contributed by atoms with E-state index in [1.807, 2.05) is 6.07 Å². The summed E-state index contributed by atoms with van der Waals surface area (Å²) in [6.45, 7) is 0.324. The summed E-state index contributed by atoms with van der Waals surface area (Å²) in [6, 6.07) is 12.3. The van der Waals surface area contributed by atoms with E-state index < -0.39 is 4.92 Å². The van der Waals surface area contributed by atoms with Gasteiger partial charge in [0.05, 0.1) is 12.0 Å². The van der Waals surface area contributed by atoms with Crippen LogP contribution in [-0.2, 0) is 6.54 Å². The number of nitrogens with zero attached hydrogens (tertiary/aromatic N) is 2. The lowest BCUT2D eigenvalue weighted by Crippen LogP contribution is -2.22. The Balaban J connectivity index is 1.79. The first-order chi connectivity index (χ1) is 14.0. The van der Waals surface area contributed by atoms with Crippen molar-refractivity contribution in [3.8, 4) is 17.2 Å². The van der Waals surface area contributed by atoms with E-state index in [9.17, 15) is 14.9 Å².